The van der Waals surface area contributed by atoms with E-state index in [4.69, 9.17) is 15.0 Å². The van der Waals surface area contributed by atoms with Crippen molar-refractivity contribution in [1.82, 2.24) is 5.16 Å². The average Bonchev–Trinajstić information content (AvgIpc) is 2.65. The number of phenolic OH excluding ortho intramolecular Hbond substituents is 1. The lowest BCUT2D eigenvalue weighted by atomic mass is 10.1. The number of benzene rings is 1. The van der Waals surface area contributed by atoms with Crippen LogP contribution in [0.2, 0.25) is 0 Å². The van der Waals surface area contributed by atoms with Crippen LogP contribution in [0.15, 0.2) is 27.3 Å². The van der Waals surface area contributed by atoms with Gasteiger partial charge in [0, 0.05) is 10.0 Å². The molecule has 0 aliphatic carbocycles. The van der Waals surface area contributed by atoms with Gasteiger partial charge in [-0.1, -0.05) is 5.16 Å². The molecule has 0 amide bonds. The van der Waals surface area contributed by atoms with Gasteiger partial charge in [-0.15, -0.1) is 0 Å². The molecular formula is C10H9BrN2O3. The van der Waals surface area contributed by atoms with Crippen LogP contribution in [0.4, 0.5) is 5.69 Å². The molecule has 6 heteroatoms. The molecule has 0 spiro atoms. The monoisotopic (exact) mass is 284 g/mol. The molecule has 0 aliphatic heterocycles. The van der Waals surface area contributed by atoms with E-state index < -0.39 is 0 Å². The summed E-state index contributed by atoms with van der Waals surface area (Å²) < 4.78 is 10.7. The summed E-state index contributed by atoms with van der Waals surface area (Å²) in [5.74, 6) is 0.815. The summed E-state index contributed by atoms with van der Waals surface area (Å²) in [6.07, 6.45) is 1.42. The molecule has 0 fully saturated rings. The highest BCUT2D eigenvalue weighted by molar-refractivity contribution is 9.10. The zero-order valence-corrected chi connectivity index (χ0v) is 9.98. The van der Waals surface area contributed by atoms with E-state index in [9.17, 15) is 5.11 Å². The zero-order chi connectivity index (χ0) is 11.7. The number of anilines is 1. The maximum Gasteiger partial charge on any atom is 0.190 e. The summed E-state index contributed by atoms with van der Waals surface area (Å²) in [7, 11) is 1.47. The van der Waals surface area contributed by atoms with E-state index in [1.807, 2.05) is 0 Å². The van der Waals surface area contributed by atoms with Crippen LogP contribution in [0.3, 0.4) is 0 Å². The van der Waals surface area contributed by atoms with Crippen LogP contribution in [0.25, 0.3) is 11.3 Å². The first-order chi connectivity index (χ1) is 7.63. The smallest absolute Gasteiger partial charge is 0.190 e. The first-order valence-corrected chi connectivity index (χ1v) is 5.19. The Morgan fingerprint density at radius 1 is 1.50 bits per heavy atom. The van der Waals surface area contributed by atoms with Gasteiger partial charge in [0.1, 0.15) is 5.69 Å². The van der Waals surface area contributed by atoms with Crippen molar-refractivity contribution in [2.24, 2.45) is 0 Å². The molecule has 5 nitrogen and oxygen atoms in total. The Labute approximate surface area is 99.9 Å². The van der Waals surface area contributed by atoms with E-state index >= 15 is 0 Å². The molecule has 3 N–H and O–H groups in total. The lowest BCUT2D eigenvalue weighted by Gasteiger charge is -2.07. The highest BCUT2D eigenvalue weighted by atomic mass is 79.9. The number of hydrogen-bond acceptors (Lipinski definition) is 5. The number of aromatic nitrogens is 1. The fraction of sp³-hybridized carbons (Fsp3) is 0.100. The van der Waals surface area contributed by atoms with Crippen LogP contribution >= 0.6 is 15.9 Å². The topological polar surface area (TPSA) is 81.5 Å². The first-order valence-electron chi connectivity index (χ1n) is 4.40. The van der Waals surface area contributed by atoms with Gasteiger partial charge in [0.2, 0.25) is 0 Å². The highest BCUT2D eigenvalue weighted by Gasteiger charge is 2.15. The molecule has 1 aromatic heterocycles. The third-order valence-electron chi connectivity index (χ3n) is 2.11. The van der Waals surface area contributed by atoms with Crippen LogP contribution in [-0.2, 0) is 0 Å². The molecule has 1 heterocycles. The standard InChI is InChI=1S/C10H9BrN2O3/c1-15-9-2-5(6(11)3-8(9)14)10-7(12)4-13-16-10/h2-4,14H,12H2,1H3. The van der Waals surface area contributed by atoms with Gasteiger partial charge >= 0.3 is 0 Å². The molecule has 0 atom stereocenters. The van der Waals surface area contributed by atoms with Crippen molar-refractivity contribution in [3.8, 4) is 22.8 Å². The molecule has 1 aromatic carbocycles. The van der Waals surface area contributed by atoms with Gasteiger partial charge < -0.3 is 20.1 Å². The molecule has 0 saturated carbocycles. The number of nitrogens with two attached hydrogens (primary N) is 1. The van der Waals surface area contributed by atoms with Crippen molar-refractivity contribution in [2.75, 3.05) is 12.8 Å². The Morgan fingerprint density at radius 3 is 2.81 bits per heavy atom. The summed E-state index contributed by atoms with van der Waals surface area (Å²) in [6.45, 7) is 0. The van der Waals surface area contributed by atoms with E-state index in [0.717, 1.165) is 0 Å². The minimum Gasteiger partial charge on any atom is -0.504 e. The molecule has 0 bridgehead atoms. The minimum atomic E-state index is 0.0382. The molecule has 0 radical (unpaired) electrons. The maximum absolute atomic E-state index is 9.55. The largest absolute Gasteiger partial charge is 0.504 e. The van der Waals surface area contributed by atoms with Crippen molar-refractivity contribution in [2.45, 2.75) is 0 Å². The van der Waals surface area contributed by atoms with Crippen molar-refractivity contribution >= 4 is 21.6 Å². The first kappa shape index (κ1) is 10.8. The lowest BCUT2D eigenvalue weighted by Crippen LogP contribution is -1.89. The summed E-state index contributed by atoms with van der Waals surface area (Å²) in [6, 6.07) is 3.13. The molecule has 0 saturated heterocycles. The van der Waals surface area contributed by atoms with Crippen LogP contribution in [0, 0.1) is 0 Å². The fourth-order valence-corrected chi connectivity index (χ4v) is 1.84. The van der Waals surface area contributed by atoms with E-state index in [1.54, 1.807) is 6.07 Å². The predicted molar refractivity (Wildman–Crippen MR) is 62.3 cm³/mol. The Morgan fingerprint density at radius 2 is 2.25 bits per heavy atom. The predicted octanol–water partition coefficient (Wildman–Crippen LogP) is 2.40. The number of hydrogen-bond donors (Lipinski definition) is 2. The number of nitrogens with zero attached hydrogens (tertiary/aromatic N) is 1. The number of phenols is 1. The second-order valence-electron chi connectivity index (χ2n) is 3.11. The molecule has 84 valence electrons. The Hall–Kier alpha value is -1.69. The highest BCUT2D eigenvalue weighted by Crippen LogP contribution is 2.39. The van der Waals surface area contributed by atoms with Gasteiger partial charge in [0.25, 0.3) is 0 Å². The van der Waals surface area contributed by atoms with Gasteiger partial charge in [-0.25, -0.2) is 0 Å². The summed E-state index contributed by atoms with van der Waals surface area (Å²) in [4.78, 5) is 0. The van der Waals surface area contributed by atoms with E-state index in [0.29, 0.717) is 27.2 Å². The van der Waals surface area contributed by atoms with Gasteiger partial charge in [-0.2, -0.15) is 0 Å². The number of halogens is 1. The maximum atomic E-state index is 9.55. The Kier molecular flexibility index (Phi) is 2.74. The SMILES string of the molecule is COc1cc(-c2oncc2N)c(Br)cc1O. The Bertz CT molecular complexity index is 525. The fourth-order valence-electron chi connectivity index (χ4n) is 1.33. The molecule has 2 rings (SSSR count). The summed E-state index contributed by atoms with van der Waals surface area (Å²) in [5, 5.41) is 13.1. The normalized spacial score (nSPS) is 10.4. The molecule has 0 aliphatic rings. The van der Waals surface area contributed by atoms with Crippen LogP contribution in [-0.4, -0.2) is 17.4 Å². The quantitative estimate of drug-likeness (QED) is 0.885. The van der Waals surface area contributed by atoms with Gasteiger partial charge in [-0.05, 0) is 28.1 Å². The third kappa shape index (κ3) is 1.71. The van der Waals surface area contributed by atoms with Crippen molar-refractivity contribution in [3.63, 3.8) is 0 Å². The van der Waals surface area contributed by atoms with Crippen LogP contribution < -0.4 is 10.5 Å². The van der Waals surface area contributed by atoms with E-state index in [2.05, 4.69) is 21.1 Å². The zero-order valence-electron chi connectivity index (χ0n) is 8.40. The second kappa shape index (κ2) is 4.05. The molecule has 2 aromatic rings. The second-order valence-corrected chi connectivity index (χ2v) is 3.97. The van der Waals surface area contributed by atoms with Gasteiger partial charge in [-0.3, -0.25) is 0 Å². The third-order valence-corrected chi connectivity index (χ3v) is 2.77. The Balaban J connectivity index is 2.61. The molecular weight excluding hydrogens is 276 g/mol. The van der Waals surface area contributed by atoms with Gasteiger partial charge in [0.05, 0.1) is 13.3 Å². The summed E-state index contributed by atoms with van der Waals surface area (Å²) in [5.41, 5.74) is 6.79. The van der Waals surface area contributed by atoms with Crippen molar-refractivity contribution < 1.29 is 14.4 Å². The van der Waals surface area contributed by atoms with Crippen molar-refractivity contribution in [3.05, 3.63) is 22.8 Å². The molecule has 16 heavy (non-hydrogen) atoms. The van der Waals surface area contributed by atoms with Crippen molar-refractivity contribution in [1.29, 1.82) is 0 Å². The van der Waals surface area contributed by atoms with E-state index in [-0.39, 0.29) is 5.75 Å². The van der Waals surface area contributed by atoms with Gasteiger partial charge in [0.15, 0.2) is 17.3 Å². The molecule has 0 unspecified atom stereocenters. The lowest BCUT2D eigenvalue weighted by molar-refractivity contribution is 0.373. The van der Waals surface area contributed by atoms with Crippen LogP contribution in [0.1, 0.15) is 0 Å². The minimum absolute atomic E-state index is 0.0382. The average molecular weight is 285 g/mol. The number of methoxy groups -OCH3 is 1. The number of ether oxygens (including phenoxy) is 1. The number of nitrogen functional groups attached to an aromatic ring is 1. The van der Waals surface area contributed by atoms with E-state index in [1.165, 1.54) is 19.4 Å². The number of aromatic hydroxyl groups is 1. The summed E-state index contributed by atoms with van der Waals surface area (Å²) >= 11 is 3.31. The van der Waals surface area contributed by atoms with Crippen LogP contribution in [0.5, 0.6) is 11.5 Å². The number of rotatable bonds is 2.